The van der Waals surface area contributed by atoms with Crippen LogP contribution in [0, 0.1) is 5.92 Å². The lowest BCUT2D eigenvalue weighted by Gasteiger charge is -2.28. The molecule has 0 aliphatic carbocycles. The zero-order valence-corrected chi connectivity index (χ0v) is 13.2. The third-order valence-electron chi connectivity index (χ3n) is 3.38. The summed E-state index contributed by atoms with van der Waals surface area (Å²) in [5.41, 5.74) is 1.15. The summed E-state index contributed by atoms with van der Waals surface area (Å²) in [6.07, 6.45) is 1.70. The van der Waals surface area contributed by atoms with Crippen LogP contribution in [-0.2, 0) is 11.2 Å². The van der Waals surface area contributed by atoms with E-state index >= 15 is 0 Å². The van der Waals surface area contributed by atoms with Crippen LogP contribution in [0.25, 0.3) is 0 Å². The molecular formula is C16H25NOS. The van der Waals surface area contributed by atoms with Crippen LogP contribution in [0.1, 0.15) is 32.8 Å². The summed E-state index contributed by atoms with van der Waals surface area (Å²) in [6, 6.07) is 10.3. The van der Waals surface area contributed by atoms with Crippen molar-refractivity contribution in [1.82, 2.24) is 4.90 Å². The fourth-order valence-electron chi connectivity index (χ4n) is 2.22. The average molecular weight is 279 g/mol. The molecule has 0 saturated carbocycles. The van der Waals surface area contributed by atoms with E-state index in [1.54, 1.807) is 0 Å². The Morgan fingerprint density at radius 3 is 2.32 bits per heavy atom. The van der Waals surface area contributed by atoms with Crippen LogP contribution in [0.2, 0.25) is 0 Å². The van der Waals surface area contributed by atoms with Gasteiger partial charge in [0.1, 0.15) is 0 Å². The number of carbonyl (C=O) groups is 1. The van der Waals surface area contributed by atoms with E-state index in [1.807, 2.05) is 42.3 Å². The van der Waals surface area contributed by atoms with E-state index in [9.17, 15) is 4.79 Å². The van der Waals surface area contributed by atoms with Crippen molar-refractivity contribution in [1.29, 1.82) is 0 Å². The van der Waals surface area contributed by atoms with Gasteiger partial charge < -0.3 is 4.90 Å². The first-order chi connectivity index (χ1) is 8.91. The maximum absolute atomic E-state index is 12.3. The highest BCUT2D eigenvalue weighted by molar-refractivity contribution is 7.81. The molecule has 106 valence electrons. The number of hydrogen-bond donors (Lipinski definition) is 1. The second-order valence-electron chi connectivity index (χ2n) is 5.63. The van der Waals surface area contributed by atoms with Gasteiger partial charge in [0.05, 0.1) is 5.25 Å². The van der Waals surface area contributed by atoms with Crippen molar-refractivity contribution in [3.05, 3.63) is 35.9 Å². The number of thiol groups is 1. The van der Waals surface area contributed by atoms with Gasteiger partial charge in [-0.15, -0.1) is 0 Å². The molecule has 0 aromatic heterocycles. The van der Waals surface area contributed by atoms with Crippen LogP contribution in [0.5, 0.6) is 0 Å². The molecule has 0 N–H and O–H groups in total. The fourth-order valence-corrected chi connectivity index (χ4v) is 2.61. The van der Waals surface area contributed by atoms with Gasteiger partial charge in [-0.3, -0.25) is 4.79 Å². The molecule has 0 radical (unpaired) electrons. The van der Waals surface area contributed by atoms with Gasteiger partial charge in [-0.1, -0.05) is 44.2 Å². The second-order valence-corrected chi connectivity index (χ2v) is 6.26. The Bertz CT molecular complexity index is 391. The summed E-state index contributed by atoms with van der Waals surface area (Å²) in [5, 5.41) is -0.262. The van der Waals surface area contributed by atoms with Gasteiger partial charge in [0.25, 0.3) is 0 Å². The zero-order valence-electron chi connectivity index (χ0n) is 12.3. The van der Waals surface area contributed by atoms with Crippen LogP contribution in [-0.4, -0.2) is 29.1 Å². The average Bonchev–Trinajstić information content (AvgIpc) is 2.37. The molecule has 2 nitrogen and oxygen atoms in total. The van der Waals surface area contributed by atoms with Crippen molar-refractivity contribution in [2.45, 2.75) is 44.9 Å². The zero-order chi connectivity index (χ0) is 14.4. The quantitative estimate of drug-likeness (QED) is 0.791. The number of amides is 1. The first-order valence-corrected chi connectivity index (χ1v) is 7.42. The molecule has 0 bridgehead atoms. The molecule has 0 aliphatic rings. The lowest BCUT2D eigenvalue weighted by Crippen LogP contribution is -2.41. The van der Waals surface area contributed by atoms with Gasteiger partial charge in [0.15, 0.2) is 0 Å². The van der Waals surface area contributed by atoms with Gasteiger partial charge >= 0.3 is 0 Å². The number of carbonyl (C=O) groups excluding carboxylic acids is 1. The SMILES string of the molecule is CC(C)CC(C)N(C)C(=O)C(S)Cc1ccccc1. The van der Waals surface area contributed by atoms with E-state index in [0.29, 0.717) is 12.3 Å². The second kappa shape index (κ2) is 7.59. The first-order valence-electron chi connectivity index (χ1n) is 6.90. The Balaban J connectivity index is 2.56. The lowest BCUT2D eigenvalue weighted by atomic mass is 10.0. The molecule has 0 saturated heterocycles. The highest BCUT2D eigenvalue weighted by Gasteiger charge is 2.22. The van der Waals surface area contributed by atoms with E-state index in [0.717, 1.165) is 12.0 Å². The van der Waals surface area contributed by atoms with Gasteiger partial charge in [-0.2, -0.15) is 12.6 Å². The van der Waals surface area contributed by atoms with Crippen molar-refractivity contribution in [2.75, 3.05) is 7.05 Å². The minimum atomic E-state index is -0.262. The van der Waals surface area contributed by atoms with Crippen LogP contribution < -0.4 is 0 Å². The molecule has 1 aromatic carbocycles. The van der Waals surface area contributed by atoms with Crippen molar-refractivity contribution < 1.29 is 4.79 Å². The Hall–Kier alpha value is -0.960. The molecule has 0 fully saturated rings. The molecule has 2 unspecified atom stereocenters. The van der Waals surface area contributed by atoms with E-state index in [-0.39, 0.29) is 17.2 Å². The third kappa shape index (κ3) is 5.27. The largest absolute Gasteiger partial charge is 0.342 e. The van der Waals surface area contributed by atoms with Crippen molar-refractivity contribution in [3.63, 3.8) is 0 Å². The highest BCUT2D eigenvalue weighted by Crippen LogP contribution is 2.15. The number of rotatable bonds is 6. The molecule has 3 heteroatoms. The Labute approximate surface area is 122 Å². The van der Waals surface area contributed by atoms with Crippen molar-refractivity contribution >= 4 is 18.5 Å². The summed E-state index contributed by atoms with van der Waals surface area (Å²) in [6.45, 7) is 6.45. The lowest BCUT2D eigenvalue weighted by molar-refractivity contribution is -0.131. The summed E-state index contributed by atoms with van der Waals surface area (Å²) in [7, 11) is 1.88. The monoisotopic (exact) mass is 279 g/mol. The van der Waals surface area contributed by atoms with Gasteiger partial charge in [-0.05, 0) is 31.2 Å². The summed E-state index contributed by atoms with van der Waals surface area (Å²) in [4.78, 5) is 14.2. The fraction of sp³-hybridized carbons (Fsp3) is 0.562. The minimum absolute atomic E-state index is 0.111. The molecule has 0 spiro atoms. The van der Waals surface area contributed by atoms with Gasteiger partial charge in [0.2, 0.25) is 5.91 Å². The van der Waals surface area contributed by atoms with Gasteiger partial charge in [0, 0.05) is 13.1 Å². The van der Waals surface area contributed by atoms with E-state index in [1.165, 1.54) is 0 Å². The summed E-state index contributed by atoms with van der Waals surface area (Å²) >= 11 is 4.47. The topological polar surface area (TPSA) is 20.3 Å². The van der Waals surface area contributed by atoms with Crippen LogP contribution in [0.4, 0.5) is 0 Å². The van der Waals surface area contributed by atoms with Crippen molar-refractivity contribution in [2.24, 2.45) is 5.92 Å². The maximum Gasteiger partial charge on any atom is 0.235 e. The van der Waals surface area contributed by atoms with E-state index in [4.69, 9.17) is 0 Å². The molecule has 0 aliphatic heterocycles. The van der Waals surface area contributed by atoms with Crippen LogP contribution >= 0.6 is 12.6 Å². The van der Waals surface area contributed by atoms with Gasteiger partial charge in [-0.25, -0.2) is 0 Å². The molecule has 0 heterocycles. The first kappa shape index (κ1) is 16.1. The Morgan fingerprint density at radius 2 is 1.79 bits per heavy atom. The number of hydrogen-bond acceptors (Lipinski definition) is 2. The smallest absolute Gasteiger partial charge is 0.235 e. The van der Waals surface area contributed by atoms with E-state index < -0.39 is 0 Å². The minimum Gasteiger partial charge on any atom is -0.342 e. The predicted molar refractivity (Wildman–Crippen MR) is 84.6 cm³/mol. The molecule has 19 heavy (non-hydrogen) atoms. The summed E-state index contributed by atoms with van der Waals surface area (Å²) in [5.74, 6) is 0.707. The molecule has 1 rings (SSSR count). The third-order valence-corrected chi connectivity index (χ3v) is 3.78. The number of nitrogens with zero attached hydrogens (tertiary/aromatic N) is 1. The number of benzene rings is 1. The van der Waals surface area contributed by atoms with E-state index in [2.05, 4.69) is 33.4 Å². The Morgan fingerprint density at radius 1 is 1.21 bits per heavy atom. The molecule has 2 atom stereocenters. The maximum atomic E-state index is 12.3. The summed E-state index contributed by atoms with van der Waals surface area (Å²) < 4.78 is 0. The van der Waals surface area contributed by atoms with Crippen LogP contribution in [0.15, 0.2) is 30.3 Å². The molecule has 1 amide bonds. The normalized spacial score (nSPS) is 14.2. The highest BCUT2D eigenvalue weighted by atomic mass is 32.1. The molecular weight excluding hydrogens is 254 g/mol. The van der Waals surface area contributed by atoms with Crippen LogP contribution in [0.3, 0.4) is 0 Å². The molecule has 1 aromatic rings. The Kier molecular flexibility index (Phi) is 6.43. The van der Waals surface area contributed by atoms with Crippen molar-refractivity contribution in [3.8, 4) is 0 Å². The standard InChI is InChI=1S/C16H25NOS/c1-12(2)10-13(3)17(4)16(18)15(19)11-14-8-6-5-7-9-14/h5-9,12-13,15,19H,10-11H2,1-4H3. The predicted octanol–water partition coefficient (Wildman–Crippen LogP) is 3.42.